The molecule has 0 unspecified atom stereocenters. The molecule has 0 bridgehead atoms. The van der Waals surface area contributed by atoms with Crippen LogP contribution in [-0.4, -0.2) is 31.8 Å². The fraction of sp³-hybridized carbons (Fsp3) is 0.174. The molecule has 0 saturated heterocycles. The predicted octanol–water partition coefficient (Wildman–Crippen LogP) is 4.30. The lowest BCUT2D eigenvalue weighted by molar-refractivity contribution is -0.115. The quantitative estimate of drug-likeness (QED) is 0.336. The van der Waals surface area contributed by atoms with Crippen molar-refractivity contribution in [2.45, 2.75) is 26.3 Å². The van der Waals surface area contributed by atoms with Gasteiger partial charge in [0, 0.05) is 22.2 Å². The molecule has 2 heterocycles. The van der Waals surface area contributed by atoms with E-state index in [4.69, 9.17) is 23.1 Å². The Balaban J connectivity index is 1.46. The molecule has 0 aliphatic carbocycles. The van der Waals surface area contributed by atoms with Crippen molar-refractivity contribution in [3.05, 3.63) is 64.4 Å². The van der Waals surface area contributed by atoms with E-state index in [1.165, 1.54) is 12.1 Å². The van der Waals surface area contributed by atoms with E-state index < -0.39 is 11.7 Å². The van der Waals surface area contributed by atoms with Gasteiger partial charge in [-0.2, -0.15) is 5.10 Å². The van der Waals surface area contributed by atoms with E-state index in [-0.39, 0.29) is 45.5 Å². The van der Waals surface area contributed by atoms with Gasteiger partial charge in [-0.1, -0.05) is 47.2 Å². The van der Waals surface area contributed by atoms with Gasteiger partial charge in [-0.15, -0.1) is 10.2 Å². The lowest BCUT2D eigenvalue weighted by atomic mass is 10.0. The molecular formula is C23H21ClFN7O2S. The summed E-state index contributed by atoms with van der Waals surface area (Å²) in [6.07, 6.45) is 0.0652. The number of primary amides is 1. The van der Waals surface area contributed by atoms with Gasteiger partial charge in [-0.3, -0.25) is 9.59 Å². The maximum atomic E-state index is 14.1. The van der Waals surface area contributed by atoms with E-state index in [2.05, 4.69) is 20.6 Å². The fourth-order valence-electron chi connectivity index (χ4n) is 3.46. The van der Waals surface area contributed by atoms with Crippen LogP contribution >= 0.6 is 22.9 Å². The van der Waals surface area contributed by atoms with E-state index >= 15 is 0 Å². The molecule has 0 radical (unpaired) electrons. The maximum absolute atomic E-state index is 14.1. The molecule has 0 spiro atoms. The van der Waals surface area contributed by atoms with Gasteiger partial charge in [0.1, 0.15) is 22.9 Å². The minimum atomic E-state index is -0.664. The number of nitrogens with one attached hydrogen (secondary N) is 1. The number of halogens is 2. The zero-order valence-corrected chi connectivity index (χ0v) is 20.3. The van der Waals surface area contributed by atoms with Crippen LogP contribution in [0.5, 0.6) is 0 Å². The lowest BCUT2D eigenvalue weighted by Gasteiger charge is -2.07. The number of hydrogen-bond donors (Lipinski definition) is 3. The van der Waals surface area contributed by atoms with E-state index in [9.17, 15) is 14.0 Å². The van der Waals surface area contributed by atoms with Crippen LogP contribution in [0.2, 0.25) is 5.02 Å². The SMILES string of the molecule is CC(C)n1nc(-c2ccc(CC(=O)Nc3nnc(-c4ccc(Cl)cc4F)s3)cc2)c(C(N)=O)c1N. The molecule has 35 heavy (non-hydrogen) atoms. The van der Waals surface area contributed by atoms with Crippen molar-refractivity contribution in [2.75, 3.05) is 11.1 Å². The summed E-state index contributed by atoms with van der Waals surface area (Å²) in [7, 11) is 0. The minimum absolute atomic E-state index is 0.0538. The summed E-state index contributed by atoms with van der Waals surface area (Å²) in [5.41, 5.74) is 13.8. The monoisotopic (exact) mass is 513 g/mol. The summed E-state index contributed by atoms with van der Waals surface area (Å²) < 4.78 is 15.7. The number of aromatic nitrogens is 4. The molecule has 9 nitrogen and oxygen atoms in total. The van der Waals surface area contributed by atoms with E-state index in [0.717, 1.165) is 16.9 Å². The van der Waals surface area contributed by atoms with Crippen LogP contribution in [0.4, 0.5) is 15.3 Å². The number of nitrogen functional groups attached to an aromatic ring is 1. The Morgan fingerprint density at radius 3 is 2.51 bits per heavy atom. The molecule has 4 aromatic rings. The molecule has 180 valence electrons. The second kappa shape index (κ2) is 9.80. The molecule has 0 aliphatic rings. The van der Waals surface area contributed by atoms with Crippen LogP contribution in [0.1, 0.15) is 35.8 Å². The van der Waals surface area contributed by atoms with Gasteiger partial charge in [-0.05, 0) is 37.6 Å². The number of nitrogens with zero attached hydrogens (tertiary/aromatic N) is 4. The summed E-state index contributed by atoms with van der Waals surface area (Å²) in [4.78, 5) is 24.5. The van der Waals surface area contributed by atoms with Crippen molar-refractivity contribution in [2.24, 2.45) is 5.73 Å². The fourth-order valence-corrected chi connectivity index (χ4v) is 4.41. The van der Waals surface area contributed by atoms with Gasteiger partial charge in [-0.25, -0.2) is 9.07 Å². The van der Waals surface area contributed by atoms with Crippen molar-refractivity contribution in [1.82, 2.24) is 20.0 Å². The highest BCUT2D eigenvalue weighted by Gasteiger charge is 2.22. The number of nitrogens with two attached hydrogens (primary N) is 2. The van der Waals surface area contributed by atoms with Crippen LogP contribution in [0.25, 0.3) is 21.8 Å². The number of anilines is 2. The molecule has 0 atom stereocenters. The first kappa shape index (κ1) is 24.3. The zero-order chi connectivity index (χ0) is 25.3. The van der Waals surface area contributed by atoms with Crippen LogP contribution < -0.4 is 16.8 Å². The van der Waals surface area contributed by atoms with Crippen LogP contribution in [0.3, 0.4) is 0 Å². The van der Waals surface area contributed by atoms with E-state index in [1.54, 1.807) is 35.0 Å². The van der Waals surface area contributed by atoms with Crippen LogP contribution in [0, 0.1) is 5.82 Å². The Labute approximate surface area is 208 Å². The predicted molar refractivity (Wildman–Crippen MR) is 134 cm³/mol. The van der Waals surface area contributed by atoms with Gasteiger partial charge in [0.15, 0.2) is 5.01 Å². The van der Waals surface area contributed by atoms with Crippen molar-refractivity contribution >= 4 is 45.7 Å². The van der Waals surface area contributed by atoms with Gasteiger partial charge in [0.2, 0.25) is 11.0 Å². The zero-order valence-electron chi connectivity index (χ0n) is 18.8. The standard InChI is InChI=1S/C23H21ClFN7O2S/c1-11(2)32-20(26)18(21(27)34)19(31-32)13-5-3-12(4-6-13)9-17(33)28-23-30-29-22(35-23)15-8-7-14(24)10-16(15)25/h3-8,10-11H,9,26H2,1-2H3,(H2,27,34)(H,28,30,33). The molecule has 5 N–H and O–H groups in total. The highest BCUT2D eigenvalue weighted by atomic mass is 35.5. The number of carbonyl (C=O) groups is 2. The first-order chi connectivity index (χ1) is 16.6. The summed E-state index contributed by atoms with van der Waals surface area (Å²) in [5.74, 6) is -1.29. The second-order valence-electron chi connectivity index (χ2n) is 7.97. The molecule has 4 rings (SSSR count). The van der Waals surface area contributed by atoms with E-state index in [0.29, 0.717) is 16.3 Å². The Kier molecular flexibility index (Phi) is 6.81. The molecule has 0 aliphatic heterocycles. The van der Waals surface area contributed by atoms with Gasteiger partial charge in [0.25, 0.3) is 5.91 Å². The van der Waals surface area contributed by atoms with Gasteiger partial charge >= 0.3 is 0 Å². The Hall–Kier alpha value is -3.83. The average Bonchev–Trinajstić information content (AvgIpc) is 3.38. The van der Waals surface area contributed by atoms with Crippen molar-refractivity contribution < 1.29 is 14.0 Å². The van der Waals surface area contributed by atoms with Crippen LogP contribution in [-0.2, 0) is 11.2 Å². The first-order valence-corrected chi connectivity index (χ1v) is 11.7. The molecule has 12 heteroatoms. The third-order valence-electron chi connectivity index (χ3n) is 5.11. The highest BCUT2D eigenvalue weighted by molar-refractivity contribution is 7.18. The lowest BCUT2D eigenvalue weighted by Crippen LogP contribution is -2.15. The summed E-state index contributed by atoms with van der Waals surface area (Å²) >= 11 is 6.83. The van der Waals surface area contributed by atoms with E-state index in [1.807, 2.05) is 13.8 Å². The van der Waals surface area contributed by atoms with Crippen molar-refractivity contribution in [3.8, 4) is 21.8 Å². The second-order valence-corrected chi connectivity index (χ2v) is 9.38. The molecule has 2 aromatic carbocycles. The molecular weight excluding hydrogens is 493 g/mol. The van der Waals surface area contributed by atoms with Gasteiger partial charge in [0.05, 0.1) is 6.42 Å². The maximum Gasteiger partial charge on any atom is 0.254 e. The number of hydrogen-bond acceptors (Lipinski definition) is 7. The number of benzene rings is 2. The van der Waals surface area contributed by atoms with Crippen molar-refractivity contribution in [1.29, 1.82) is 0 Å². The largest absolute Gasteiger partial charge is 0.383 e. The molecule has 2 amide bonds. The first-order valence-electron chi connectivity index (χ1n) is 10.5. The Morgan fingerprint density at radius 2 is 1.89 bits per heavy atom. The third kappa shape index (κ3) is 5.15. The minimum Gasteiger partial charge on any atom is -0.383 e. The topological polar surface area (TPSA) is 142 Å². The number of amides is 2. The highest BCUT2D eigenvalue weighted by Crippen LogP contribution is 2.31. The molecule has 2 aromatic heterocycles. The number of rotatable bonds is 7. The molecule has 0 saturated carbocycles. The normalized spacial score (nSPS) is 11.1. The Bertz CT molecular complexity index is 1420. The number of carbonyl (C=O) groups excluding carboxylic acids is 2. The summed E-state index contributed by atoms with van der Waals surface area (Å²) in [6, 6.07) is 11.2. The average molecular weight is 514 g/mol. The van der Waals surface area contributed by atoms with Gasteiger partial charge < -0.3 is 16.8 Å². The summed E-state index contributed by atoms with van der Waals surface area (Å²) in [5, 5.41) is 15.8. The summed E-state index contributed by atoms with van der Waals surface area (Å²) in [6.45, 7) is 3.79. The third-order valence-corrected chi connectivity index (χ3v) is 6.22. The molecule has 0 fully saturated rings. The Morgan fingerprint density at radius 1 is 1.17 bits per heavy atom. The van der Waals surface area contributed by atoms with Crippen LogP contribution in [0.15, 0.2) is 42.5 Å². The smallest absolute Gasteiger partial charge is 0.254 e. The van der Waals surface area contributed by atoms with Crippen molar-refractivity contribution in [3.63, 3.8) is 0 Å².